The van der Waals surface area contributed by atoms with Crippen LogP contribution in [0, 0.1) is 0 Å². The van der Waals surface area contributed by atoms with E-state index in [2.05, 4.69) is 27.7 Å². The van der Waals surface area contributed by atoms with Gasteiger partial charge in [-0.3, -0.25) is 14.4 Å². The van der Waals surface area contributed by atoms with Crippen molar-refractivity contribution in [1.82, 2.24) is 0 Å². The Labute approximate surface area is 112 Å². The second-order valence-electron chi connectivity index (χ2n) is 3.09. The van der Waals surface area contributed by atoms with Gasteiger partial charge in [-0.1, -0.05) is 0 Å². The maximum Gasteiger partial charge on any atom is 0.310 e. The third kappa shape index (κ3) is 8.74. The van der Waals surface area contributed by atoms with E-state index in [1.165, 1.54) is 0 Å². The van der Waals surface area contributed by atoms with E-state index in [0.29, 0.717) is 0 Å². The summed E-state index contributed by atoms with van der Waals surface area (Å²) in [5.74, 6) is -1.36. The quantitative estimate of drug-likeness (QED) is 0.345. The Morgan fingerprint density at radius 2 is 1.17 bits per heavy atom. The zero-order valence-corrected chi connectivity index (χ0v) is 13.3. The molecule has 0 amide bonds. The highest BCUT2D eigenvalue weighted by Crippen LogP contribution is 2.00. The molecule has 6 nitrogen and oxygen atoms in total. The fraction of sp³-hybridized carbons (Fsp3) is 0.667. The van der Waals surface area contributed by atoms with Gasteiger partial charge in [-0.2, -0.15) is 0 Å². The van der Waals surface area contributed by atoms with Crippen LogP contribution in [0.4, 0.5) is 0 Å². The zero-order valence-electron chi connectivity index (χ0n) is 9.79. The monoisotopic (exact) mass is 314 g/mol. The smallest absolute Gasteiger partial charge is 0.310 e. The normalized spacial score (nSPS) is 10.0. The van der Waals surface area contributed by atoms with Crippen LogP contribution in [0.2, 0.25) is 0 Å². The molecule has 3 unspecified atom stereocenters. The highest BCUT2D eigenvalue weighted by Gasteiger charge is 2.17. The molecule has 0 bridgehead atoms. The maximum absolute atomic E-state index is 11.1. The minimum Gasteiger partial charge on any atom is -0.461 e. The summed E-state index contributed by atoms with van der Waals surface area (Å²) in [4.78, 5) is 33.1. The van der Waals surface area contributed by atoms with E-state index >= 15 is 0 Å². The highest BCUT2D eigenvalue weighted by molar-refractivity contribution is 7.18. The predicted octanol–water partition coefficient (Wildman–Crippen LogP) is -0.390. The van der Waals surface area contributed by atoms with Crippen molar-refractivity contribution < 1.29 is 28.6 Å². The minimum atomic E-state index is -0.779. The summed E-state index contributed by atoms with van der Waals surface area (Å²) in [6, 6.07) is 0. The molecule has 0 radical (unpaired) electrons. The molecule has 0 aliphatic heterocycles. The molecule has 0 spiro atoms. The van der Waals surface area contributed by atoms with Crippen LogP contribution in [0.3, 0.4) is 0 Å². The largest absolute Gasteiger partial charge is 0.461 e. The number of esters is 3. The van der Waals surface area contributed by atoms with Crippen molar-refractivity contribution >= 4 is 45.6 Å². The number of rotatable bonds is 8. The average molecular weight is 314 g/mol. The van der Waals surface area contributed by atoms with Crippen molar-refractivity contribution in [3.8, 4) is 0 Å². The van der Waals surface area contributed by atoms with E-state index in [0.717, 1.165) is 0 Å². The molecule has 0 aromatic rings. The van der Waals surface area contributed by atoms with Crippen molar-refractivity contribution in [2.75, 3.05) is 31.7 Å². The molecule has 104 valence electrons. The van der Waals surface area contributed by atoms with Gasteiger partial charge in [-0.25, -0.2) is 0 Å². The second-order valence-corrected chi connectivity index (χ2v) is 4.32. The lowest BCUT2D eigenvalue weighted by Gasteiger charge is -2.17. The van der Waals surface area contributed by atoms with Gasteiger partial charge in [0.15, 0.2) is 6.10 Å². The van der Waals surface area contributed by atoms with Crippen LogP contribution < -0.4 is 0 Å². The molecule has 0 aliphatic carbocycles. The first kappa shape index (κ1) is 17.7. The minimum absolute atomic E-state index is 0.117. The number of carbonyl (C=O) groups is 3. The first-order chi connectivity index (χ1) is 8.53. The average Bonchev–Trinajstić information content (AvgIpc) is 2.40. The van der Waals surface area contributed by atoms with Gasteiger partial charge in [0, 0.05) is 0 Å². The fourth-order valence-corrected chi connectivity index (χ4v) is 1.17. The summed E-state index contributed by atoms with van der Waals surface area (Å²) < 4.78 is 14.6. The van der Waals surface area contributed by atoms with Crippen molar-refractivity contribution in [2.24, 2.45) is 0 Å². The number of hydrogen-bond donors (Lipinski definition) is 0. The lowest BCUT2D eigenvalue weighted by molar-refractivity contribution is -0.163. The van der Waals surface area contributed by atoms with Gasteiger partial charge < -0.3 is 14.2 Å². The molecular weight excluding hydrogens is 297 g/mol. The Balaban J connectivity index is 4.19. The van der Waals surface area contributed by atoms with Gasteiger partial charge in [0.05, 0.1) is 18.5 Å². The second kappa shape index (κ2) is 10.6. The molecule has 0 aromatic carbocycles. The number of ether oxygens (including phenoxy) is 3. The molecule has 0 saturated carbocycles. The maximum atomic E-state index is 11.1. The highest BCUT2D eigenvalue weighted by atomic mass is 31.0. The van der Waals surface area contributed by atoms with Crippen LogP contribution in [0.5, 0.6) is 0 Å². The summed E-state index contributed by atoms with van der Waals surface area (Å²) in [5, 5.41) is 0. The zero-order chi connectivity index (χ0) is 14.0. The van der Waals surface area contributed by atoms with Crippen LogP contribution in [0.1, 0.15) is 0 Å². The SMILES string of the molecule is O=C(CP)OCC(COC(=O)CP)OC(=O)CP. The molecule has 9 heteroatoms. The summed E-state index contributed by atoms with van der Waals surface area (Å²) in [6.07, 6.45) is -0.365. The van der Waals surface area contributed by atoms with Crippen LogP contribution >= 0.6 is 27.7 Å². The van der Waals surface area contributed by atoms with Crippen molar-refractivity contribution in [3.63, 3.8) is 0 Å². The van der Waals surface area contributed by atoms with Crippen molar-refractivity contribution in [1.29, 1.82) is 0 Å². The third-order valence-electron chi connectivity index (χ3n) is 1.66. The molecule has 3 atom stereocenters. The fourth-order valence-electron chi connectivity index (χ4n) is 0.840. The molecule has 0 aliphatic rings. The van der Waals surface area contributed by atoms with E-state index < -0.39 is 24.0 Å². The molecule has 0 aromatic heterocycles. The van der Waals surface area contributed by atoms with E-state index in [4.69, 9.17) is 14.2 Å². The molecule has 18 heavy (non-hydrogen) atoms. The van der Waals surface area contributed by atoms with Crippen LogP contribution in [0.15, 0.2) is 0 Å². The summed E-state index contributed by atoms with van der Waals surface area (Å²) in [7, 11) is 6.66. The predicted molar refractivity (Wildman–Crippen MR) is 75.5 cm³/mol. The van der Waals surface area contributed by atoms with Crippen LogP contribution in [-0.4, -0.2) is 55.7 Å². The van der Waals surface area contributed by atoms with Gasteiger partial charge in [0.1, 0.15) is 13.2 Å². The Kier molecular flexibility index (Phi) is 10.4. The van der Waals surface area contributed by atoms with Crippen LogP contribution in [-0.2, 0) is 28.6 Å². The summed E-state index contributed by atoms with van der Waals surface area (Å²) in [6.45, 7) is -0.262. The Morgan fingerprint density at radius 1 is 0.778 bits per heavy atom. The lowest BCUT2D eigenvalue weighted by Crippen LogP contribution is -2.31. The number of carbonyl (C=O) groups excluding carboxylic acids is 3. The number of hydrogen-bond acceptors (Lipinski definition) is 6. The van der Waals surface area contributed by atoms with E-state index in [9.17, 15) is 14.4 Å². The van der Waals surface area contributed by atoms with Crippen LogP contribution in [0.25, 0.3) is 0 Å². The van der Waals surface area contributed by atoms with Crippen molar-refractivity contribution in [3.05, 3.63) is 0 Å². The molecule has 0 heterocycles. The van der Waals surface area contributed by atoms with Crippen molar-refractivity contribution in [2.45, 2.75) is 6.10 Å². The molecule has 0 saturated heterocycles. The molecule has 0 fully saturated rings. The topological polar surface area (TPSA) is 78.9 Å². The molecular formula is C9H17O6P3. The first-order valence-electron chi connectivity index (χ1n) is 5.14. The molecule has 0 rings (SSSR count). The summed E-state index contributed by atoms with van der Waals surface area (Å²) in [5.41, 5.74) is 0. The van der Waals surface area contributed by atoms with Gasteiger partial charge in [-0.05, 0) is 0 Å². The Hall–Kier alpha value is -0.300. The van der Waals surface area contributed by atoms with E-state index in [1.807, 2.05) is 0 Å². The Morgan fingerprint density at radius 3 is 1.50 bits per heavy atom. The van der Waals surface area contributed by atoms with E-state index in [1.54, 1.807) is 0 Å². The van der Waals surface area contributed by atoms with E-state index in [-0.39, 0.29) is 31.7 Å². The summed E-state index contributed by atoms with van der Waals surface area (Å²) >= 11 is 0. The lowest BCUT2D eigenvalue weighted by atomic mass is 10.4. The van der Waals surface area contributed by atoms with Gasteiger partial charge in [0.2, 0.25) is 0 Å². The first-order valence-corrected chi connectivity index (χ1v) is 7.59. The molecule has 0 N–H and O–H groups in total. The standard InChI is InChI=1S/C9H17O6P3/c10-7(3-16)13-1-6(15-9(12)5-18)2-14-8(11)4-17/h6H,1-5,16-18H2. The third-order valence-corrected chi connectivity index (χ3v) is 2.66. The van der Waals surface area contributed by atoms with Gasteiger partial charge in [-0.15, -0.1) is 27.7 Å². The van der Waals surface area contributed by atoms with Gasteiger partial charge in [0.25, 0.3) is 0 Å². The van der Waals surface area contributed by atoms with Gasteiger partial charge >= 0.3 is 17.9 Å². The Bertz CT molecular complexity index is 276.